The number of imidazole rings is 1. The molecular formula is C9H7N5S. The molecule has 15 heavy (non-hydrogen) atoms. The molecule has 0 aliphatic carbocycles. The van der Waals surface area contributed by atoms with E-state index >= 15 is 0 Å². The van der Waals surface area contributed by atoms with E-state index in [0.29, 0.717) is 11.6 Å². The number of nitrogens with zero attached hydrogens (tertiary/aromatic N) is 5. The molecule has 0 aromatic carbocycles. The van der Waals surface area contributed by atoms with Crippen molar-refractivity contribution in [2.24, 2.45) is 0 Å². The van der Waals surface area contributed by atoms with E-state index < -0.39 is 0 Å². The summed E-state index contributed by atoms with van der Waals surface area (Å²) in [4.78, 5) is 12.0. The van der Waals surface area contributed by atoms with Crippen LogP contribution in [0.25, 0.3) is 5.82 Å². The van der Waals surface area contributed by atoms with E-state index in [1.165, 1.54) is 18.1 Å². The van der Waals surface area contributed by atoms with Crippen molar-refractivity contribution in [1.82, 2.24) is 19.5 Å². The Morgan fingerprint density at radius 1 is 1.40 bits per heavy atom. The van der Waals surface area contributed by atoms with Gasteiger partial charge < -0.3 is 0 Å². The Labute approximate surface area is 90.8 Å². The molecule has 0 atom stereocenters. The molecular weight excluding hydrogens is 210 g/mol. The highest BCUT2D eigenvalue weighted by Crippen LogP contribution is 2.14. The number of hydrogen-bond acceptors (Lipinski definition) is 5. The largest absolute Gasteiger partial charge is 0.275 e. The van der Waals surface area contributed by atoms with Crippen LogP contribution in [-0.4, -0.2) is 25.8 Å². The lowest BCUT2D eigenvalue weighted by molar-refractivity contribution is 0.920. The fourth-order valence-electron chi connectivity index (χ4n) is 1.14. The molecule has 2 aromatic heterocycles. The van der Waals surface area contributed by atoms with Crippen LogP contribution in [0.5, 0.6) is 0 Å². The number of thioether (sulfide) groups is 1. The SMILES string of the molecule is CSc1cc(-n2ccnc2C#N)ncn1. The lowest BCUT2D eigenvalue weighted by Crippen LogP contribution is -2.00. The van der Waals surface area contributed by atoms with Gasteiger partial charge in [-0.25, -0.2) is 15.0 Å². The quantitative estimate of drug-likeness (QED) is 0.559. The van der Waals surface area contributed by atoms with Crippen molar-refractivity contribution in [3.05, 3.63) is 30.6 Å². The molecule has 0 aliphatic rings. The smallest absolute Gasteiger partial charge is 0.218 e. The van der Waals surface area contributed by atoms with Gasteiger partial charge in [-0.05, 0) is 6.26 Å². The first kappa shape index (κ1) is 9.68. The highest BCUT2D eigenvalue weighted by atomic mass is 32.2. The summed E-state index contributed by atoms with van der Waals surface area (Å²) >= 11 is 1.53. The Balaban J connectivity index is 2.50. The van der Waals surface area contributed by atoms with Gasteiger partial charge in [0.25, 0.3) is 0 Å². The standard InChI is InChI=1S/C9H7N5S/c1-15-9-4-7(12-6-13-9)14-3-2-11-8(14)5-10/h2-4,6H,1H3. The number of aromatic nitrogens is 4. The minimum Gasteiger partial charge on any atom is -0.275 e. The van der Waals surface area contributed by atoms with Gasteiger partial charge in [-0.15, -0.1) is 11.8 Å². The van der Waals surface area contributed by atoms with E-state index in [1.54, 1.807) is 17.0 Å². The van der Waals surface area contributed by atoms with Gasteiger partial charge in [-0.2, -0.15) is 5.26 Å². The highest BCUT2D eigenvalue weighted by molar-refractivity contribution is 7.98. The van der Waals surface area contributed by atoms with Gasteiger partial charge in [-0.3, -0.25) is 4.57 Å². The maximum absolute atomic E-state index is 8.81. The average Bonchev–Trinajstić information content (AvgIpc) is 2.77. The zero-order chi connectivity index (χ0) is 10.7. The van der Waals surface area contributed by atoms with E-state index in [1.807, 2.05) is 18.4 Å². The Morgan fingerprint density at radius 3 is 3.00 bits per heavy atom. The predicted molar refractivity (Wildman–Crippen MR) is 55.7 cm³/mol. The second-order valence-electron chi connectivity index (χ2n) is 2.65. The summed E-state index contributed by atoms with van der Waals surface area (Å²) in [6, 6.07) is 3.81. The normalized spacial score (nSPS) is 9.87. The number of hydrogen-bond donors (Lipinski definition) is 0. The van der Waals surface area contributed by atoms with E-state index in [-0.39, 0.29) is 0 Å². The van der Waals surface area contributed by atoms with Gasteiger partial charge in [0.05, 0.1) is 0 Å². The van der Waals surface area contributed by atoms with E-state index in [4.69, 9.17) is 5.26 Å². The predicted octanol–water partition coefficient (Wildman–Crippen LogP) is 1.26. The minimum atomic E-state index is 0.320. The lowest BCUT2D eigenvalue weighted by atomic mass is 10.5. The fourth-order valence-corrected chi connectivity index (χ4v) is 1.52. The van der Waals surface area contributed by atoms with Gasteiger partial charge in [0.1, 0.15) is 23.2 Å². The first-order valence-corrected chi connectivity index (χ1v) is 5.37. The molecule has 0 N–H and O–H groups in total. The third-order valence-electron chi connectivity index (χ3n) is 1.82. The second-order valence-corrected chi connectivity index (χ2v) is 3.48. The van der Waals surface area contributed by atoms with Gasteiger partial charge in [-0.1, -0.05) is 0 Å². The number of nitriles is 1. The van der Waals surface area contributed by atoms with Crippen LogP contribution in [0.3, 0.4) is 0 Å². The third-order valence-corrected chi connectivity index (χ3v) is 2.47. The molecule has 2 heterocycles. The summed E-state index contributed by atoms with van der Waals surface area (Å²) in [6.45, 7) is 0. The lowest BCUT2D eigenvalue weighted by Gasteiger charge is -2.02. The summed E-state index contributed by atoms with van der Waals surface area (Å²) in [5.74, 6) is 0.976. The summed E-state index contributed by atoms with van der Waals surface area (Å²) in [7, 11) is 0. The molecule has 0 unspecified atom stereocenters. The fraction of sp³-hybridized carbons (Fsp3) is 0.111. The second kappa shape index (κ2) is 4.11. The van der Waals surface area contributed by atoms with Crippen LogP contribution in [0.2, 0.25) is 0 Å². The Morgan fingerprint density at radius 2 is 2.27 bits per heavy atom. The van der Waals surface area contributed by atoms with Crippen LogP contribution in [0, 0.1) is 11.3 Å². The first-order chi connectivity index (χ1) is 7.35. The van der Waals surface area contributed by atoms with Crippen molar-refractivity contribution in [2.75, 3.05) is 6.26 Å². The van der Waals surface area contributed by atoms with E-state index in [2.05, 4.69) is 15.0 Å². The van der Waals surface area contributed by atoms with Crippen molar-refractivity contribution in [3.8, 4) is 11.9 Å². The monoisotopic (exact) mass is 217 g/mol. The van der Waals surface area contributed by atoms with Gasteiger partial charge in [0.15, 0.2) is 0 Å². The molecule has 0 aliphatic heterocycles. The minimum absolute atomic E-state index is 0.320. The molecule has 0 saturated carbocycles. The molecule has 0 saturated heterocycles. The van der Waals surface area contributed by atoms with Gasteiger partial charge in [0, 0.05) is 18.5 Å². The maximum atomic E-state index is 8.81. The summed E-state index contributed by atoms with van der Waals surface area (Å²) in [5.41, 5.74) is 0. The summed E-state index contributed by atoms with van der Waals surface area (Å²) in [6.07, 6.45) is 6.68. The Hall–Kier alpha value is -1.87. The Kier molecular flexibility index (Phi) is 2.65. The molecule has 0 spiro atoms. The van der Waals surface area contributed by atoms with Crippen molar-refractivity contribution in [2.45, 2.75) is 5.03 Å². The van der Waals surface area contributed by atoms with Crippen molar-refractivity contribution in [3.63, 3.8) is 0 Å². The van der Waals surface area contributed by atoms with Crippen LogP contribution in [-0.2, 0) is 0 Å². The highest BCUT2D eigenvalue weighted by Gasteiger charge is 2.05. The molecule has 6 heteroatoms. The average molecular weight is 217 g/mol. The molecule has 0 fully saturated rings. The zero-order valence-electron chi connectivity index (χ0n) is 7.95. The Bertz CT molecular complexity index is 513. The molecule has 5 nitrogen and oxygen atoms in total. The molecule has 2 aromatic rings. The topological polar surface area (TPSA) is 67.4 Å². The molecule has 0 radical (unpaired) electrons. The first-order valence-electron chi connectivity index (χ1n) is 4.15. The zero-order valence-corrected chi connectivity index (χ0v) is 8.77. The van der Waals surface area contributed by atoms with Crippen molar-refractivity contribution in [1.29, 1.82) is 5.26 Å². The van der Waals surface area contributed by atoms with Crippen LogP contribution in [0.4, 0.5) is 0 Å². The molecule has 74 valence electrons. The van der Waals surface area contributed by atoms with Crippen LogP contribution in [0.15, 0.2) is 29.8 Å². The van der Waals surface area contributed by atoms with Crippen LogP contribution >= 0.6 is 11.8 Å². The van der Waals surface area contributed by atoms with Crippen molar-refractivity contribution < 1.29 is 0 Å². The third kappa shape index (κ3) is 1.82. The van der Waals surface area contributed by atoms with Crippen LogP contribution < -0.4 is 0 Å². The van der Waals surface area contributed by atoms with E-state index in [0.717, 1.165) is 5.03 Å². The van der Waals surface area contributed by atoms with E-state index in [9.17, 15) is 0 Å². The molecule has 0 amide bonds. The summed E-state index contributed by atoms with van der Waals surface area (Å²) < 4.78 is 1.63. The van der Waals surface area contributed by atoms with Gasteiger partial charge >= 0.3 is 0 Å². The van der Waals surface area contributed by atoms with Crippen LogP contribution in [0.1, 0.15) is 5.82 Å². The number of rotatable bonds is 2. The van der Waals surface area contributed by atoms with Crippen molar-refractivity contribution >= 4 is 11.8 Å². The maximum Gasteiger partial charge on any atom is 0.218 e. The molecule has 2 rings (SSSR count). The molecule has 0 bridgehead atoms. The van der Waals surface area contributed by atoms with Gasteiger partial charge in [0.2, 0.25) is 5.82 Å². The summed E-state index contributed by atoms with van der Waals surface area (Å²) in [5, 5.41) is 9.67.